The summed E-state index contributed by atoms with van der Waals surface area (Å²) in [6.07, 6.45) is 1.88. The molecule has 12 heavy (non-hydrogen) atoms. The average Bonchev–Trinajstić information content (AvgIpc) is 2.16. The maximum absolute atomic E-state index is 8.83. The van der Waals surface area contributed by atoms with Crippen molar-refractivity contribution < 1.29 is 5.11 Å². The fraction of sp³-hybridized carbons (Fsp3) is 0.429. The predicted octanol–water partition coefficient (Wildman–Crippen LogP) is 0.0786. The molecule has 0 spiro atoms. The van der Waals surface area contributed by atoms with Gasteiger partial charge < -0.3 is 10.4 Å². The van der Waals surface area contributed by atoms with Gasteiger partial charge >= 0.3 is 0 Å². The molecule has 64 valence electrons. The molecule has 0 aromatic carbocycles. The molecular weight excluding hydrogens is 174 g/mol. The second kappa shape index (κ2) is 4.14. The van der Waals surface area contributed by atoms with Gasteiger partial charge in [-0.2, -0.15) is 5.26 Å². The number of nitrogens with zero attached hydrogens (tertiary/aromatic N) is 2. The van der Waals surface area contributed by atoms with Crippen LogP contribution in [0.4, 0.5) is 0 Å². The molecule has 0 saturated heterocycles. The van der Waals surface area contributed by atoms with Crippen LogP contribution in [0.15, 0.2) is 16.3 Å². The third-order valence-corrected chi connectivity index (χ3v) is 2.11. The number of amidine groups is 1. The lowest BCUT2D eigenvalue weighted by Crippen LogP contribution is -2.26. The average molecular weight is 183 g/mol. The summed E-state index contributed by atoms with van der Waals surface area (Å²) in [7, 11) is 0. The molecule has 2 N–H and O–H groups in total. The summed E-state index contributed by atoms with van der Waals surface area (Å²) < 4.78 is 0. The minimum Gasteiger partial charge on any atom is -0.392 e. The van der Waals surface area contributed by atoms with Crippen LogP contribution < -0.4 is 5.32 Å². The van der Waals surface area contributed by atoms with Crippen molar-refractivity contribution in [3.8, 4) is 6.07 Å². The van der Waals surface area contributed by atoms with E-state index in [1.54, 1.807) is 0 Å². The summed E-state index contributed by atoms with van der Waals surface area (Å²) >= 11 is 1.45. The number of thioether (sulfide) groups is 1. The van der Waals surface area contributed by atoms with Gasteiger partial charge in [0.1, 0.15) is 11.8 Å². The van der Waals surface area contributed by atoms with E-state index in [9.17, 15) is 0 Å². The van der Waals surface area contributed by atoms with Crippen molar-refractivity contribution in [2.75, 3.05) is 19.4 Å². The van der Waals surface area contributed by atoms with Crippen molar-refractivity contribution in [3.63, 3.8) is 0 Å². The molecule has 0 saturated carbocycles. The summed E-state index contributed by atoms with van der Waals surface area (Å²) in [5, 5.41) is 21.0. The summed E-state index contributed by atoms with van der Waals surface area (Å²) in [5.41, 5.74) is 1.08. The first kappa shape index (κ1) is 9.10. The van der Waals surface area contributed by atoms with E-state index in [2.05, 4.69) is 10.3 Å². The molecule has 1 aliphatic heterocycles. The Morgan fingerprint density at radius 1 is 1.83 bits per heavy atom. The molecule has 1 aliphatic rings. The van der Waals surface area contributed by atoms with Gasteiger partial charge in [0.05, 0.1) is 13.2 Å². The predicted molar refractivity (Wildman–Crippen MR) is 48.7 cm³/mol. The van der Waals surface area contributed by atoms with Crippen LogP contribution in [0.25, 0.3) is 0 Å². The minimum atomic E-state index is -0.110. The van der Waals surface area contributed by atoms with E-state index in [0.29, 0.717) is 17.8 Å². The van der Waals surface area contributed by atoms with Crippen molar-refractivity contribution in [1.82, 2.24) is 5.32 Å². The molecule has 5 heteroatoms. The van der Waals surface area contributed by atoms with Crippen molar-refractivity contribution in [1.29, 1.82) is 5.26 Å². The summed E-state index contributed by atoms with van der Waals surface area (Å²) in [4.78, 5) is 4.10. The Morgan fingerprint density at radius 3 is 3.08 bits per heavy atom. The Labute approximate surface area is 75.0 Å². The number of nitrogens with one attached hydrogen (secondary N) is 1. The molecule has 0 atom stereocenters. The molecule has 0 aliphatic carbocycles. The third kappa shape index (κ3) is 1.78. The maximum atomic E-state index is 8.83. The highest BCUT2D eigenvalue weighted by atomic mass is 32.2. The normalized spacial score (nSPS) is 16.6. The first-order valence-corrected chi connectivity index (χ1v) is 4.62. The van der Waals surface area contributed by atoms with Crippen LogP contribution in [-0.4, -0.2) is 29.7 Å². The van der Waals surface area contributed by atoms with Gasteiger partial charge in [-0.05, 0) is 6.26 Å². The molecule has 0 radical (unpaired) electrons. The van der Waals surface area contributed by atoms with E-state index in [0.717, 1.165) is 5.17 Å². The summed E-state index contributed by atoms with van der Waals surface area (Å²) in [6.45, 7) is 0.309. The molecule has 0 aromatic rings. The summed E-state index contributed by atoms with van der Waals surface area (Å²) in [6, 6.07) is 1.98. The molecule has 0 amide bonds. The van der Waals surface area contributed by atoms with Gasteiger partial charge in [-0.3, -0.25) is 4.99 Å². The zero-order valence-corrected chi connectivity index (χ0v) is 7.48. The zero-order chi connectivity index (χ0) is 8.97. The molecule has 0 aromatic heterocycles. The van der Waals surface area contributed by atoms with Crippen LogP contribution in [0.1, 0.15) is 0 Å². The van der Waals surface area contributed by atoms with Crippen LogP contribution in [0.2, 0.25) is 0 Å². The lowest BCUT2D eigenvalue weighted by atomic mass is 10.2. The lowest BCUT2D eigenvalue weighted by molar-refractivity contribution is 0.328. The van der Waals surface area contributed by atoms with Gasteiger partial charge in [0.25, 0.3) is 0 Å². The summed E-state index contributed by atoms with van der Waals surface area (Å²) in [5.74, 6) is 0. The minimum absolute atomic E-state index is 0.110. The largest absolute Gasteiger partial charge is 0.392 e. The van der Waals surface area contributed by atoms with E-state index in [4.69, 9.17) is 10.4 Å². The van der Waals surface area contributed by atoms with Crippen LogP contribution in [0.5, 0.6) is 0 Å². The number of allylic oxidation sites excluding steroid dienone is 1. The van der Waals surface area contributed by atoms with Crippen molar-refractivity contribution in [3.05, 3.63) is 11.3 Å². The highest BCUT2D eigenvalue weighted by molar-refractivity contribution is 8.13. The van der Waals surface area contributed by atoms with Gasteiger partial charge in [0, 0.05) is 5.57 Å². The first-order chi connectivity index (χ1) is 5.81. The molecular formula is C7H9N3OS. The first-order valence-electron chi connectivity index (χ1n) is 3.40. The number of rotatable bonds is 1. The molecule has 0 fully saturated rings. The fourth-order valence-corrected chi connectivity index (χ4v) is 1.23. The number of aliphatic hydroxyl groups excluding tert-OH is 1. The maximum Gasteiger partial charge on any atom is 0.161 e. The fourth-order valence-electron chi connectivity index (χ4n) is 0.833. The number of aliphatic imine (C=N–C) groups is 1. The monoisotopic (exact) mass is 183 g/mol. The second-order valence-electron chi connectivity index (χ2n) is 2.20. The molecule has 1 rings (SSSR count). The van der Waals surface area contributed by atoms with Crippen LogP contribution >= 0.6 is 11.8 Å². The highest BCUT2D eigenvalue weighted by Crippen LogP contribution is 2.10. The molecule has 0 bridgehead atoms. The Balaban J connectivity index is 2.77. The highest BCUT2D eigenvalue weighted by Gasteiger charge is 2.12. The van der Waals surface area contributed by atoms with Crippen molar-refractivity contribution in [2.45, 2.75) is 0 Å². The molecule has 0 unspecified atom stereocenters. The molecule has 4 nitrogen and oxygen atoms in total. The Kier molecular flexibility index (Phi) is 3.14. The standard InChI is InChI=1S/C7H9N3OS/c1-12-7-9-3-5(4-11)6(2-8)10-7/h11H,3-4H2,1H3,(H,9,10). The van der Waals surface area contributed by atoms with Gasteiger partial charge in [-0.15, -0.1) is 0 Å². The van der Waals surface area contributed by atoms with Crippen LogP contribution in [0.3, 0.4) is 0 Å². The Morgan fingerprint density at radius 2 is 2.58 bits per heavy atom. The topological polar surface area (TPSA) is 68.4 Å². The number of hydrogen-bond acceptors (Lipinski definition) is 5. The van der Waals surface area contributed by atoms with Gasteiger partial charge in [0.15, 0.2) is 5.17 Å². The van der Waals surface area contributed by atoms with Gasteiger partial charge in [0.2, 0.25) is 0 Å². The van der Waals surface area contributed by atoms with E-state index < -0.39 is 0 Å². The number of hydrogen-bond donors (Lipinski definition) is 2. The lowest BCUT2D eigenvalue weighted by Gasteiger charge is -2.14. The number of aliphatic hydroxyl groups is 1. The SMILES string of the molecule is CSC1=NCC(CO)=C(C#N)N1. The van der Waals surface area contributed by atoms with Crippen LogP contribution in [-0.2, 0) is 0 Å². The van der Waals surface area contributed by atoms with Crippen molar-refractivity contribution in [2.24, 2.45) is 4.99 Å². The second-order valence-corrected chi connectivity index (χ2v) is 2.99. The van der Waals surface area contributed by atoms with E-state index >= 15 is 0 Å². The smallest absolute Gasteiger partial charge is 0.161 e. The van der Waals surface area contributed by atoms with Crippen LogP contribution in [0, 0.1) is 11.3 Å². The van der Waals surface area contributed by atoms with E-state index in [-0.39, 0.29) is 6.61 Å². The molecule has 1 heterocycles. The Bertz CT molecular complexity index is 277. The van der Waals surface area contributed by atoms with Gasteiger partial charge in [-0.1, -0.05) is 11.8 Å². The Hall–Kier alpha value is -0.990. The quantitative estimate of drug-likeness (QED) is 0.604. The van der Waals surface area contributed by atoms with E-state index in [1.165, 1.54) is 11.8 Å². The third-order valence-electron chi connectivity index (χ3n) is 1.50. The zero-order valence-electron chi connectivity index (χ0n) is 6.66. The van der Waals surface area contributed by atoms with Crippen molar-refractivity contribution >= 4 is 16.9 Å². The van der Waals surface area contributed by atoms with E-state index in [1.807, 2.05) is 12.3 Å². The number of nitriles is 1. The van der Waals surface area contributed by atoms with Gasteiger partial charge in [-0.25, -0.2) is 0 Å².